The van der Waals surface area contributed by atoms with Crippen LogP contribution in [0.15, 0.2) is 18.2 Å². The van der Waals surface area contributed by atoms with Crippen LogP contribution in [0.2, 0.25) is 0 Å². The first-order chi connectivity index (χ1) is 11.9. The van der Waals surface area contributed by atoms with Gasteiger partial charge in [0.25, 0.3) is 0 Å². The highest BCUT2D eigenvalue weighted by molar-refractivity contribution is 5.39. The highest BCUT2D eigenvalue weighted by Crippen LogP contribution is 2.37. The molecule has 0 spiro atoms. The summed E-state index contributed by atoms with van der Waals surface area (Å²) in [4.78, 5) is 0. The van der Waals surface area contributed by atoms with Gasteiger partial charge in [0.1, 0.15) is 5.75 Å². The molecule has 0 aromatic heterocycles. The molecule has 1 atom stereocenters. The normalized spacial score (nSPS) is 15.0. The monoisotopic (exact) mass is 387 g/mol. The number of aliphatic hydroxyl groups is 1. The van der Waals surface area contributed by atoms with Crippen LogP contribution in [0.4, 0.5) is 26.3 Å². The summed E-state index contributed by atoms with van der Waals surface area (Å²) in [6.45, 7) is 1.03. The molecular weight excluding hydrogens is 364 g/mol. The lowest BCUT2D eigenvalue weighted by atomic mass is 9.90. The van der Waals surface area contributed by atoms with Gasteiger partial charge >= 0.3 is 12.4 Å². The first-order valence-corrected chi connectivity index (χ1v) is 8.19. The van der Waals surface area contributed by atoms with Crippen molar-refractivity contribution in [3.63, 3.8) is 0 Å². The van der Waals surface area contributed by atoms with Gasteiger partial charge in [0.05, 0.1) is 18.8 Å². The van der Waals surface area contributed by atoms with Crippen molar-refractivity contribution >= 4 is 0 Å². The molecule has 0 aliphatic rings. The van der Waals surface area contributed by atoms with Gasteiger partial charge in [-0.1, -0.05) is 13.0 Å². The van der Waals surface area contributed by atoms with E-state index in [-0.39, 0.29) is 13.0 Å². The first-order valence-electron chi connectivity index (χ1n) is 8.19. The molecule has 1 aromatic rings. The van der Waals surface area contributed by atoms with E-state index in [0.29, 0.717) is 18.4 Å². The van der Waals surface area contributed by atoms with E-state index in [4.69, 9.17) is 10.5 Å². The van der Waals surface area contributed by atoms with Gasteiger partial charge in [-0.2, -0.15) is 26.3 Å². The highest BCUT2D eigenvalue weighted by atomic mass is 19.4. The Morgan fingerprint density at radius 2 is 1.73 bits per heavy atom. The van der Waals surface area contributed by atoms with E-state index in [0.717, 1.165) is 12.1 Å². The van der Waals surface area contributed by atoms with Crippen molar-refractivity contribution in [1.82, 2.24) is 0 Å². The predicted octanol–water partition coefficient (Wildman–Crippen LogP) is 4.46. The molecule has 1 rings (SSSR count). The number of benzene rings is 1. The molecule has 0 aliphatic carbocycles. The summed E-state index contributed by atoms with van der Waals surface area (Å²) in [5.41, 5.74) is 4.38. The second-order valence-electron chi connectivity index (χ2n) is 6.27. The Balaban J connectivity index is 2.84. The molecule has 0 amide bonds. The van der Waals surface area contributed by atoms with Gasteiger partial charge in [0, 0.05) is 12.0 Å². The number of hydrogen-bond acceptors (Lipinski definition) is 3. The fourth-order valence-corrected chi connectivity index (χ4v) is 2.30. The van der Waals surface area contributed by atoms with E-state index in [2.05, 4.69) is 0 Å². The van der Waals surface area contributed by atoms with Crippen molar-refractivity contribution in [3.05, 3.63) is 29.3 Å². The number of alkyl halides is 6. The maximum atomic E-state index is 13.2. The third kappa shape index (κ3) is 7.41. The number of halogens is 6. The van der Waals surface area contributed by atoms with E-state index in [1.54, 1.807) is 6.92 Å². The van der Waals surface area contributed by atoms with Crippen LogP contribution in [-0.2, 0) is 12.6 Å². The summed E-state index contributed by atoms with van der Waals surface area (Å²) in [6.07, 6.45) is -9.63. The first kappa shape index (κ1) is 22.6. The minimum Gasteiger partial charge on any atom is -0.493 e. The van der Waals surface area contributed by atoms with Crippen LogP contribution in [0.25, 0.3) is 0 Å². The second-order valence-corrected chi connectivity index (χ2v) is 6.27. The molecule has 0 aliphatic heterocycles. The Hall–Kier alpha value is -1.48. The van der Waals surface area contributed by atoms with Crippen molar-refractivity contribution in [1.29, 1.82) is 0 Å². The van der Waals surface area contributed by atoms with Gasteiger partial charge in [-0.25, -0.2) is 0 Å². The molecule has 0 saturated heterocycles. The summed E-state index contributed by atoms with van der Waals surface area (Å²) >= 11 is 0. The average Bonchev–Trinajstić information content (AvgIpc) is 2.55. The zero-order chi connectivity index (χ0) is 20.0. The smallest absolute Gasteiger partial charge is 0.419 e. The lowest BCUT2D eigenvalue weighted by molar-refractivity contribution is -0.141. The Bertz CT molecular complexity index is 567. The average molecular weight is 387 g/mol. The van der Waals surface area contributed by atoms with E-state index in [9.17, 15) is 31.4 Å². The van der Waals surface area contributed by atoms with Crippen molar-refractivity contribution in [2.24, 2.45) is 5.73 Å². The molecule has 0 saturated carbocycles. The SMILES string of the molecule is CCC(N)(CO)CCc1ccc(OCCCC(F)(F)F)c(C(F)(F)F)c1. The molecule has 1 unspecified atom stereocenters. The van der Waals surface area contributed by atoms with Crippen molar-refractivity contribution < 1.29 is 36.2 Å². The number of aliphatic hydroxyl groups excluding tert-OH is 1. The molecule has 1 aromatic carbocycles. The standard InChI is InChI=1S/C17H23F6NO2/c1-2-15(24,11-25)8-6-12-4-5-14(13(10-12)17(21,22)23)26-9-3-7-16(18,19)20/h4-5,10,25H,2-3,6-9,11,24H2,1H3. The van der Waals surface area contributed by atoms with Gasteiger partial charge in [-0.05, 0) is 43.4 Å². The summed E-state index contributed by atoms with van der Waals surface area (Å²) in [7, 11) is 0. The molecule has 3 N–H and O–H groups in total. The molecule has 3 nitrogen and oxygen atoms in total. The van der Waals surface area contributed by atoms with Gasteiger partial charge in [0.2, 0.25) is 0 Å². The summed E-state index contributed by atoms with van der Waals surface area (Å²) in [5, 5.41) is 9.26. The minimum absolute atomic E-state index is 0.225. The van der Waals surface area contributed by atoms with Crippen LogP contribution >= 0.6 is 0 Å². The maximum Gasteiger partial charge on any atom is 0.419 e. The third-order valence-electron chi connectivity index (χ3n) is 4.14. The van der Waals surface area contributed by atoms with E-state index >= 15 is 0 Å². The number of rotatable bonds is 9. The Kier molecular flexibility index (Phi) is 7.76. The van der Waals surface area contributed by atoms with Crippen molar-refractivity contribution in [2.75, 3.05) is 13.2 Å². The lowest BCUT2D eigenvalue weighted by Crippen LogP contribution is -2.43. The largest absolute Gasteiger partial charge is 0.493 e. The molecule has 0 radical (unpaired) electrons. The molecule has 150 valence electrons. The summed E-state index contributed by atoms with van der Waals surface area (Å²) in [5.74, 6) is -0.500. The van der Waals surface area contributed by atoms with Gasteiger partial charge in [-0.15, -0.1) is 0 Å². The van der Waals surface area contributed by atoms with E-state index in [1.807, 2.05) is 0 Å². The van der Waals surface area contributed by atoms with Crippen LogP contribution < -0.4 is 10.5 Å². The quantitative estimate of drug-likeness (QED) is 0.486. The zero-order valence-corrected chi connectivity index (χ0v) is 14.4. The van der Waals surface area contributed by atoms with Crippen LogP contribution in [-0.4, -0.2) is 30.0 Å². The summed E-state index contributed by atoms with van der Waals surface area (Å²) in [6, 6.07) is 3.43. The predicted molar refractivity (Wildman–Crippen MR) is 84.8 cm³/mol. The molecular formula is C17H23F6NO2. The molecule has 0 bridgehead atoms. The number of hydrogen-bond donors (Lipinski definition) is 2. The van der Waals surface area contributed by atoms with Crippen molar-refractivity contribution in [2.45, 2.75) is 56.9 Å². The molecule has 9 heteroatoms. The molecule has 0 fully saturated rings. The topological polar surface area (TPSA) is 55.5 Å². The van der Waals surface area contributed by atoms with Gasteiger partial charge < -0.3 is 15.6 Å². The van der Waals surface area contributed by atoms with Gasteiger partial charge in [0.15, 0.2) is 0 Å². The number of nitrogens with two attached hydrogens (primary N) is 1. The Morgan fingerprint density at radius 3 is 2.23 bits per heavy atom. The van der Waals surface area contributed by atoms with Crippen molar-refractivity contribution in [3.8, 4) is 5.75 Å². The molecule has 26 heavy (non-hydrogen) atoms. The van der Waals surface area contributed by atoms with Crippen LogP contribution in [0, 0.1) is 0 Å². The van der Waals surface area contributed by atoms with E-state index < -0.39 is 48.7 Å². The third-order valence-corrected chi connectivity index (χ3v) is 4.14. The fourth-order valence-electron chi connectivity index (χ4n) is 2.30. The van der Waals surface area contributed by atoms with E-state index in [1.165, 1.54) is 6.07 Å². The highest BCUT2D eigenvalue weighted by Gasteiger charge is 2.35. The second kappa shape index (κ2) is 8.94. The van der Waals surface area contributed by atoms with Crippen LogP contribution in [0.3, 0.4) is 0 Å². The summed E-state index contributed by atoms with van der Waals surface area (Å²) < 4.78 is 80.8. The minimum atomic E-state index is -4.70. The van der Waals surface area contributed by atoms with Crippen LogP contribution in [0.1, 0.15) is 43.7 Å². The number of aryl methyl sites for hydroxylation is 1. The maximum absolute atomic E-state index is 13.2. The fraction of sp³-hybridized carbons (Fsp3) is 0.647. The van der Waals surface area contributed by atoms with Gasteiger partial charge in [-0.3, -0.25) is 0 Å². The zero-order valence-electron chi connectivity index (χ0n) is 14.4. The Morgan fingerprint density at radius 1 is 1.08 bits per heavy atom. The van der Waals surface area contributed by atoms with Crippen LogP contribution in [0.5, 0.6) is 5.75 Å². The Labute approximate surface area is 148 Å². The number of ether oxygens (including phenoxy) is 1. The molecule has 0 heterocycles. The lowest BCUT2D eigenvalue weighted by Gasteiger charge is -2.25.